The van der Waals surface area contributed by atoms with E-state index in [0.29, 0.717) is 17.1 Å². The van der Waals surface area contributed by atoms with Crippen molar-refractivity contribution < 1.29 is 66.5 Å². The topological polar surface area (TPSA) is 161 Å². The molecule has 14 nitrogen and oxygen atoms in total. The van der Waals surface area contributed by atoms with Gasteiger partial charge >= 0.3 is 23.9 Å². The Balaban J connectivity index is 2.15. The van der Waals surface area contributed by atoms with Crippen LogP contribution < -0.4 is 18.9 Å². The van der Waals surface area contributed by atoms with Gasteiger partial charge in [0.25, 0.3) is 0 Å². The van der Waals surface area contributed by atoms with Crippen LogP contribution >= 0.6 is 0 Å². The SMILES string of the molecule is COc1cc([C@H](O[C@@H]2CO[C@@H](OC)[C@H](OC(C)=O)[C@H]2OC(C)=O)[C@@H](COC(C)=O)Oc2ccccc2OC)ccc1OC(C)=O. The summed E-state index contributed by atoms with van der Waals surface area (Å²) < 4.78 is 56.7. The first kappa shape index (κ1) is 35.1. The molecule has 1 aliphatic heterocycles. The molecule has 3 rings (SSSR count). The maximum Gasteiger partial charge on any atom is 0.308 e. The molecule has 14 heteroatoms. The van der Waals surface area contributed by atoms with Crippen LogP contribution in [0.4, 0.5) is 0 Å². The molecule has 0 amide bonds. The number of carbonyl (C=O) groups excluding carboxylic acids is 4. The van der Waals surface area contributed by atoms with Gasteiger partial charge in [0, 0.05) is 34.8 Å². The summed E-state index contributed by atoms with van der Waals surface area (Å²) in [6.07, 6.45) is -6.66. The van der Waals surface area contributed by atoms with Gasteiger partial charge in [-0.3, -0.25) is 19.2 Å². The Kier molecular flexibility index (Phi) is 12.9. The van der Waals surface area contributed by atoms with Crippen LogP contribution in [-0.4, -0.2) is 89.1 Å². The highest BCUT2D eigenvalue weighted by molar-refractivity contribution is 5.70. The maximum absolute atomic E-state index is 12.2. The summed E-state index contributed by atoms with van der Waals surface area (Å²) in [5.74, 6) is -1.45. The maximum atomic E-state index is 12.2. The number of benzene rings is 2. The lowest BCUT2D eigenvalue weighted by Crippen LogP contribution is -2.58. The molecule has 246 valence electrons. The number of ether oxygens (including phenoxy) is 10. The van der Waals surface area contributed by atoms with Gasteiger partial charge in [-0.15, -0.1) is 0 Å². The van der Waals surface area contributed by atoms with Crippen molar-refractivity contribution in [2.24, 2.45) is 0 Å². The van der Waals surface area contributed by atoms with Crippen LogP contribution in [0.25, 0.3) is 0 Å². The predicted octanol–water partition coefficient (Wildman–Crippen LogP) is 2.93. The van der Waals surface area contributed by atoms with Crippen LogP contribution in [0.1, 0.15) is 39.4 Å². The lowest BCUT2D eigenvalue weighted by Gasteiger charge is -2.42. The molecule has 2 aromatic rings. The molecule has 1 heterocycles. The van der Waals surface area contributed by atoms with E-state index in [-0.39, 0.29) is 24.7 Å². The lowest BCUT2D eigenvalue weighted by atomic mass is 10.0. The van der Waals surface area contributed by atoms with Gasteiger partial charge in [-0.05, 0) is 29.8 Å². The summed E-state index contributed by atoms with van der Waals surface area (Å²) in [7, 11) is 4.22. The summed E-state index contributed by atoms with van der Waals surface area (Å²) in [4.78, 5) is 47.9. The van der Waals surface area contributed by atoms with Gasteiger partial charge in [0.05, 0.1) is 20.8 Å². The molecule has 45 heavy (non-hydrogen) atoms. The van der Waals surface area contributed by atoms with Crippen molar-refractivity contribution in [3.63, 3.8) is 0 Å². The van der Waals surface area contributed by atoms with Crippen molar-refractivity contribution in [3.8, 4) is 23.0 Å². The Bertz CT molecular complexity index is 1330. The van der Waals surface area contributed by atoms with Crippen molar-refractivity contribution in [3.05, 3.63) is 48.0 Å². The highest BCUT2D eigenvalue weighted by Gasteiger charge is 2.48. The van der Waals surface area contributed by atoms with E-state index in [1.54, 1.807) is 36.4 Å². The van der Waals surface area contributed by atoms with Gasteiger partial charge in [0.2, 0.25) is 0 Å². The second-order valence-corrected chi connectivity index (χ2v) is 9.79. The zero-order valence-corrected chi connectivity index (χ0v) is 26.1. The number of para-hydroxylation sites is 2. The molecule has 1 aliphatic rings. The summed E-state index contributed by atoms with van der Waals surface area (Å²) in [6.45, 7) is 4.42. The minimum absolute atomic E-state index is 0.145. The average Bonchev–Trinajstić information content (AvgIpc) is 2.99. The molecule has 0 bridgehead atoms. The molecule has 0 radical (unpaired) electrons. The van der Waals surface area contributed by atoms with Gasteiger partial charge in [0.1, 0.15) is 18.8 Å². The van der Waals surface area contributed by atoms with Crippen LogP contribution in [0.15, 0.2) is 42.5 Å². The summed E-state index contributed by atoms with van der Waals surface area (Å²) in [5.41, 5.74) is 0.425. The first-order chi connectivity index (χ1) is 21.5. The van der Waals surface area contributed by atoms with Crippen LogP contribution in [0.5, 0.6) is 23.0 Å². The highest BCUT2D eigenvalue weighted by atomic mass is 16.7. The van der Waals surface area contributed by atoms with E-state index in [4.69, 9.17) is 47.4 Å². The van der Waals surface area contributed by atoms with E-state index in [0.717, 1.165) is 0 Å². The quantitative estimate of drug-likeness (QED) is 0.169. The fourth-order valence-electron chi connectivity index (χ4n) is 4.64. The van der Waals surface area contributed by atoms with Crippen molar-refractivity contribution in [2.75, 3.05) is 34.5 Å². The van der Waals surface area contributed by atoms with E-state index in [9.17, 15) is 19.2 Å². The third kappa shape index (κ3) is 9.80. The van der Waals surface area contributed by atoms with Gasteiger partial charge < -0.3 is 47.4 Å². The molecule has 0 saturated carbocycles. The lowest BCUT2D eigenvalue weighted by molar-refractivity contribution is -0.286. The summed E-state index contributed by atoms with van der Waals surface area (Å²) >= 11 is 0. The third-order valence-corrected chi connectivity index (χ3v) is 6.45. The Morgan fingerprint density at radius 1 is 0.778 bits per heavy atom. The predicted molar refractivity (Wildman–Crippen MR) is 154 cm³/mol. The number of hydrogen-bond acceptors (Lipinski definition) is 14. The monoisotopic (exact) mass is 634 g/mol. The Hall–Kier alpha value is -4.40. The number of rotatable bonds is 14. The number of carbonyl (C=O) groups is 4. The van der Waals surface area contributed by atoms with Gasteiger partial charge in [0.15, 0.2) is 47.6 Å². The first-order valence-corrected chi connectivity index (χ1v) is 13.9. The minimum Gasteiger partial charge on any atom is -0.493 e. The summed E-state index contributed by atoms with van der Waals surface area (Å²) in [6, 6.07) is 11.5. The second-order valence-electron chi connectivity index (χ2n) is 9.79. The van der Waals surface area contributed by atoms with Crippen LogP contribution in [0, 0.1) is 0 Å². The number of esters is 4. The number of methoxy groups -OCH3 is 3. The molecule has 1 saturated heterocycles. The van der Waals surface area contributed by atoms with E-state index in [1.807, 2.05) is 0 Å². The van der Waals surface area contributed by atoms with Crippen molar-refractivity contribution >= 4 is 23.9 Å². The highest BCUT2D eigenvalue weighted by Crippen LogP contribution is 2.38. The largest absolute Gasteiger partial charge is 0.493 e. The zero-order chi connectivity index (χ0) is 33.1. The molecular weight excluding hydrogens is 596 g/mol. The smallest absolute Gasteiger partial charge is 0.308 e. The standard InChI is InChI=1S/C31H38O14/c1-17(32)39-15-26(44-23-11-9-8-10-22(23)36-5)28(21-12-13-24(41-18(2)33)25(14-21)37-6)45-27-16-40-31(38-7)30(43-20(4)35)29(27)42-19(3)34/h8-14,26-31H,15-16H2,1-7H3/t26-,27-,28+,29+,30-,31-/m1/s1. The normalized spacial score (nSPS) is 20.6. The van der Waals surface area contributed by atoms with Crippen LogP contribution in [0.3, 0.4) is 0 Å². The zero-order valence-electron chi connectivity index (χ0n) is 26.1. The van der Waals surface area contributed by atoms with E-state index in [2.05, 4.69) is 0 Å². The first-order valence-electron chi connectivity index (χ1n) is 13.9. The molecule has 1 fully saturated rings. The van der Waals surface area contributed by atoms with Crippen molar-refractivity contribution in [2.45, 2.75) is 64.5 Å². The van der Waals surface area contributed by atoms with E-state index < -0.39 is 60.7 Å². The average molecular weight is 635 g/mol. The number of hydrogen-bond donors (Lipinski definition) is 0. The molecule has 0 unspecified atom stereocenters. The van der Waals surface area contributed by atoms with Crippen molar-refractivity contribution in [1.29, 1.82) is 0 Å². The molecular formula is C31H38O14. The van der Waals surface area contributed by atoms with Crippen LogP contribution in [-0.2, 0) is 47.6 Å². The molecule has 6 atom stereocenters. The van der Waals surface area contributed by atoms with E-state index >= 15 is 0 Å². The second kappa shape index (κ2) is 16.6. The van der Waals surface area contributed by atoms with Gasteiger partial charge in [-0.1, -0.05) is 18.2 Å². The molecule has 0 aliphatic carbocycles. The van der Waals surface area contributed by atoms with Crippen LogP contribution in [0.2, 0.25) is 0 Å². The van der Waals surface area contributed by atoms with Crippen molar-refractivity contribution in [1.82, 2.24) is 0 Å². The third-order valence-electron chi connectivity index (χ3n) is 6.45. The Labute approximate surface area is 260 Å². The fraction of sp³-hybridized carbons (Fsp3) is 0.484. The Morgan fingerprint density at radius 3 is 2.00 bits per heavy atom. The molecule has 2 aromatic carbocycles. The van der Waals surface area contributed by atoms with Gasteiger partial charge in [-0.25, -0.2) is 0 Å². The fourth-order valence-corrected chi connectivity index (χ4v) is 4.64. The molecule has 0 spiro atoms. The molecule has 0 N–H and O–H groups in total. The van der Waals surface area contributed by atoms with Gasteiger partial charge in [-0.2, -0.15) is 0 Å². The Morgan fingerprint density at radius 2 is 1.42 bits per heavy atom. The summed E-state index contributed by atoms with van der Waals surface area (Å²) in [5, 5.41) is 0. The molecule has 0 aromatic heterocycles. The van der Waals surface area contributed by atoms with E-state index in [1.165, 1.54) is 55.1 Å². The minimum atomic E-state index is -1.20.